The van der Waals surface area contributed by atoms with Crippen molar-refractivity contribution < 1.29 is 4.74 Å². The molecule has 0 aromatic heterocycles. The smallest absolute Gasteiger partial charge is 0.0707 e. The zero-order valence-corrected chi connectivity index (χ0v) is 7.79. The Balaban J connectivity index is 3.67. The molecular weight excluding hydrogens is 148 g/mol. The molecule has 0 amide bonds. The second kappa shape index (κ2) is 8.02. The first-order valence-electron chi connectivity index (χ1n) is 3.94. The van der Waals surface area contributed by atoms with E-state index in [9.17, 15) is 0 Å². The van der Waals surface area contributed by atoms with E-state index in [2.05, 4.69) is 6.58 Å². The van der Waals surface area contributed by atoms with Crippen molar-refractivity contribution in [3.63, 3.8) is 0 Å². The summed E-state index contributed by atoms with van der Waals surface area (Å²) in [5.74, 6) is 0. The molecule has 0 atom stereocenters. The van der Waals surface area contributed by atoms with Gasteiger partial charge < -0.3 is 4.74 Å². The van der Waals surface area contributed by atoms with E-state index >= 15 is 0 Å². The Labute approximate surface area is 74.7 Å². The predicted octanol–water partition coefficient (Wildman–Crippen LogP) is 2.88. The Morgan fingerprint density at radius 2 is 1.92 bits per heavy atom. The van der Waals surface area contributed by atoms with Crippen LogP contribution in [0.15, 0.2) is 48.6 Å². The maximum atomic E-state index is 4.89. The minimum Gasteiger partial charge on any atom is -0.380 e. The van der Waals surface area contributed by atoms with Gasteiger partial charge in [0.15, 0.2) is 0 Å². The summed E-state index contributed by atoms with van der Waals surface area (Å²) in [7, 11) is 1.66. The van der Waals surface area contributed by atoms with Gasteiger partial charge in [-0.05, 0) is 12.5 Å². The molecule has 12 heavy (non-hydrogen) atoms. The molecule has 0 spiro atoms. The molecule has 0 fully saturated rings. The molecule has 0 aliphatic carbocycles. The van der Waals surface area contributed by atoms with Crippen LogP contribution in [0.1, 0.15) is 6.92 Å². The summed E-state index contributed by atoms with van der Waals surface area (Å²) in [4.78, 5) is 0. The van der Waals surface area contributed by atoms with Crippen molar-refractivity contribution >= 4 is 0 Å². The van der Waals surface area contributed by atoms with E-state index in [1.165, 1.54) is 0 Å². The van der Waals surface area contributed by atoms with Crippen molar-refractivity contribution in [2.24, 2.45) is 0 Å². The highest BCUT2D eigenvalue weighted by Gasteiger charge is 1.82. The molecule has 0 aromatic rings. The van der Waals surface area contributed by atoms with E-state index in [4.69, 9.17) is 4.74 Å². The van der Waals surface area contributed by atoms with Crippen LogP contribution in [0.5, 0.6) is 0 Å². The fraction of sp³-hybridized carbons (Fsp3) is 0.273. The van der Waals surface area contributed by atoms with Crippen LogP contribution in [0.3, 0.4) is 0 Å². The van der Waals surface area contributed by atoms with Crippen LogP contribution in [-0.2, 0) is 4.74 Å². The summed E-state index contributed by atoms with van der Waals surface area (Å²) in [6, 6.07) is 0. The highest BCUT2D eigenvalue weighted by molar-refractivity contribution is 5.21. The van der Waals surface area contributed by atoms with Crippen molar-refractivity contribution in [1.82, 2.24) is 0 Å². The van der Waals surface area contributed by atoms with Crippen LogP contribution in [0.25, 0.3) is 0 Å². The summed E-state index contributed by atoms with van der Waals surface area (Å²) >= 11 is 0. The summed E-state index contributed by atoms with van der Waals surface area (Å²) < 4.78 is 4.89. The highest BCUT2D eigenvalue weighted by Crippen LogP contribution is 1.93. The van der Waals surface area contributed by atoms with E-state index in [1.54, 1.807) is 7.11 Å². The van der Waals surface area contributed by atoms with Crippen LogP contribution in [0.2, 0.25) is 0 Å². The van der Waals surface area contributed by atoms with Gasteiger partial charge in [-0.2, -0.15) is 0 Å². The van der Waals surface area contributed by atoms with Crippen LogP contribution >= 0.6 is 0 Å². The third kappa shape index (κ3) is 7.03. The van der Waals surface area contributed by atoms with Crippen LogP contribution in [0, 0.1) is 0 Å². The predicted molar refractivity (Wildman–Crippen MR) is 54.1 cm³/mol. The van der Waals surface area contributed by atoms with Crippen LogP contribution in [0.4, 0.5) is 0 Å². The van der Waals surface area contributed by atoms with E-state index in [1.807, 2.05) is 43.4 Å². The highest BCUT2D eigenvalue weighted by atomic mass is 16.5. The maximum Gasteiger partial charge on any atom is 0.0707 e. The molecule has 0 heterocycles. The summed E-state index contributed by atoms with van der Waals surface area (Å²) in [6.07, 6.45) is 11.8. The summed E-state index contributed by atoms with van der Waals surface area (Å²) in [5.41, 5.74) is 0.975. The normalized spacial score (nSPS) is 12.2. The molecule has 0 radical (unpaired) electrons. The minimum absolute atomic E-state index is 0.591. The van der Waals surface area contributed by atoms with Crippen molar-refractivity contribution in [3.8, 4) is 0 Å². The lowest BCUT2D eigenvalue weighted by Crippen LogP contribution is -1.87. The number of ether oxygens (including phenoxy) is 1. The zero-order chi connectivity index (χ0) is 9.23. The third-order valence-electron chi connectivity index (χ3n) is 1.19. The molecular formula is C11H16O. The van der Waals surface area contributed by atoms with Crippen molar-refractivity contribution in [2.75, 3.05) is 13.7 Å². The number of hydrogen-bond donors (Lipinski definition) is 0. The molecule has 0 aliphatic rings. The van der Waals surface area contributed by atoms with Crippen LogP contribution < -0.4 is 0 Å². The van der Waals surface area contributed by atoms with E-state index in [-0.39, 0.29) is 0 Å². The second-order valence-corrected chi connectivity index (χ2v) is 2.36. The standard InChI is InChI=1S/C11H16O/c1-4-5-6-7-8-9-11(2)10-12-3/h4-9H,2,10H2,1,3H3/b5-4+,7-6+,9-8+. The molecule has 0 unspecified atom stereocenters. The monoisotopic (exact) mass is 164 g/mol. The molecule has 0 aliphatic heterocycles. The number of hydrogen-bond acceptors (Lipinski definition) is 1. The Morgan fingerprint density at radius 1 is 1.25 bits per heavy atom. The van der Waals surface area contributed by atoms with Gasteiger partial charge in [0.25, 0.3) is 0 Å². The van der Waals surface area contributed by atoms with Gasteiger partial charge in [-0.15, -0.1) is 0 Å². The molecule has 1 nitrogen and oxygen atoms in total. The molecule has 0 rings (SSSR count). The Morgan fingerprint density at radius 3 is 2.50 bits per heavy atom. The summed E-state index contributed by atoms with van der Waals surface area (Å²) in [5, 5.41) is 0. The molecule has 0 saturated carbocycles. The quantitative estimate of drug-likeness (QED) is 0.568. The fourth-order valence-corrected chi connectivity index (χ4v) is 0.665. The van der Waals surface area contributed by atoms with E-state index in [0.717, 1.165) is 5.57 Å². The average Bonchev–Trinajstić information content (AvgIpc) is 2.05. The summed E-state index contributed by atoms with van der Waals surface area (Å²) in [6.45, 7) is 6.37. The van der Waals surface area contributed by atoms with E-state index in [0.29, 0.717) is 6.61 Å². The molecule has 0 aromatic carbocycles. The lowest BCUT2D eigenvalue weighted by atomic mass is 10.3. The van der Waals surface area contributed by atoms with Gasteiger partial charge in [0.05, 0.1) is 6.61 Å². The van der Waals surface area contributed by atoms with E-state index < -0.39 is 0 Å². The lowest BCUT2D eigenvalue weighted by molar-refractivity contribution is 0.228. The number of rotatable bonds is 5. The van der Waals surface area contributed by atoms with Crippen molar-refractivity contribution in [2.45, 2.75) is 6.92 Å². The van der Waals surface area contributed by atoms with Gasteiger partial charge >= 0.3 is 0 Å². The van der Waals surface area contributed by atoms with Gasteiger partial charge in [0.1, 0.15) is 0 Å². The molecule has 0 saturated heterocycles. The maximum absolute atomic E-state index is 4.89. The molecule has 1 heteroatoms. The van der Waals surface area contributed by atoms with Gasteiger partial charge in [-0.1, -0.05) is 43.0 Å². The first-order valence-corrected chi connectivity index (χ1v) is 3.94. The molecule has 0 bridgehead atoms. The van der Waals surface area contributed by atoms with Crippen LogP contribution in [-0.4, -0.2) is 13.7 Å². The Hall–Kier alpha value is -1.08. The van der Waals surface area contributed by atoms with Crippen molar-refractivity contribution in [3.05, 3.63) is 48.6 Å². The van der Waals surface area contributed by atoms with Crippen molar-refractivity contribution in [1.29, 1.82) is 0 Å². The first kappa shape index (κ1) is 10.9. The molecule has 66 valence electrons. The van der Waals surface area contributed by atoms with Gasteiger partial charge in [0, 0.05) is 7.11 Å². The average molecular weight is 164 g/mol. The van der Waals surface area contributed by atoms with Gasteiger partial charge in [0.2, 0.25) is 0 Å². The number of allylic oxidation sites excluding steroid dienone is 5. The Kier molecular flexibility index (Phi) is 7.30. The zero-order valence-electron chi connectivity index (χ0n) is 7.79. The largest absolute Gasteiger partial charge is 0.380 e. The van der Waals surface area contributed by atoms with Gasteiger partial charge in [-0.3, -0.25) is 0 Å². The topological polar surface area (TPSA) is 9.23 Å². The number of methoxy groups -OCH3 is 1. The SMILES string of the molecule is C=C(/C=C/C=C/C=C/C)COC. The Bertz CT molecular complexity index is 197. The lowest BCUT2D eigenvalue weighted by Gasteiger charge is -1.94. The minimum atomic E-state index is 0.591. The molecule has 0 N–H and O–H groups in total. The van der Waals surface area contributed by atoms with Gasteiger partial charge in [-0.25, -0.2) is 0 Å². The third-order valence-corrected chi connectivity index (χ3v) is 1.19. The fourth-order valence-electron chi connectivity index (χ4n) is 0.665. The second-order valence-electron chi connectivity index (χ2n) is 2.36. The first-order chi connectivity index (χ1) is 5.81.